The molecule has 1 saturated heterocycles. The molecule has 0 radical (unpaired) electrons. The molecule has 1 heterocycles. The molecule has 0 unspecified atom stereocenters. The minimum absolute atomic E-state index is 0.123. The third-order valence-corrected chi connectivity index (χ3v) is 2.88. The smallest absolute Gasteiger partial charge is 0.387 e. The maximum atomic E-state index is 12.1. The number of hydrogen-bond donors (Lipinski definition) is 1. The molecule has 5 nitrogen and oxygen atoms in total. The Balaban J connectivity index is 1.95. The maximum absolute atomic E-state index is 12.1. The number of ether oxygens (including phenoxy) is 2. The first kappa shape index (κ1) is 14.5. The zero-order chi connectivity index (χ0) is 14.4. The maximum Gasteiger partial charge on any atom is 0.387 e. The molecule has 1 aliphatic heterocycles. The van der Waals surface area contributed by atoms with Crippen molar-refractivity contribution < 1.29 is 18.3 Å². The average molecular weight is 285 g/mol. The molecule has 0 amide bonds. The first-order chi connectivity index (χ1) is 9.65. The number of aliphatic imine (C=N–C) groups is 1. The Morgan fingerprint density at radius 1 is 1.40 bits per heavy atom. The van der Waals surface area contributed by atoms with Gasteiger partial charge < -0.3 is 20.1 Å². The van der Waals surface area contributed by atoms with E-state index in [2.05, 4.69) is 9.73 Å². The molecule has 0 spiro atoms. The summed E-state index contributed by atoms with van der Waals surface area (Å²) in [4.78, 5) is 6.19. The van der Waals surface area contributed by atoms with Gasteiger partial charge in [-0.15, -0.1) is 0 Å². The van der Waals surface area contributed by atoms with Gasteiger partial charge in [0.15, 0.2) is 5.96 Å². The number of halogens is 2. The van der Waals surface area contributed by atoms with Crippen LogP contribution in [0.2, 0.25) is 0 Å². The summed E-state index contributed by atoms with van der Waals surface area (Å²) < 4.78 is 33.8. The predicted molar refractivity (Wildman–Crippen MR) is 70.8 cm³/mol. The van der Waals surface area contributed by atoms with Crippen molar-refractivity contribution in [3.8, 4) is 5.75 Å². The van der Waals surface area contributed by atoms with Crippen LogP contribution in [0.25, 0.3) is 0 Å². The fourth-order valence-corrected chi connectivity index (χ4v) is 1.88. The Morgan fingerprint density at radius 2 is 2.15 bits per heavy atom. The Labute approximate surface area is 116 Å². The van der Waals surface area contributed by atoms with E-state index in [9.17, 15) is 8.78 Å². The summed E-state index contributed by atoms with van der Waals surface area (Å²) in [5.74, 6) is 0.561. The number of rotatable bonds is 4. The van der Waals surface area contributed by atoms with Crippen LogP contribution in [0.1, 0.15) is 5.56 Å². The molecular weight excluding hydrogens is 268 g/mol. The molecule has 1 aromatic carbocycles. The van der Waals surface area contributed by atoms with Crippen LogP contribution in [0, 0.1) is 0 Å². The Kier molecular flexibility index (Phi) is 5.11. The van der Waals surface area contributed by atoms with Gasteiger partial charge in [0.25, 0.3) is 0 Å². The first-order valence-electron chi connectivity index (χ1n) is 6.31. The molecule has 1 aromatic rings. The van der Waals surface area contributed by atoms with Gasteiger partial charge in [-0.3, -0.25) is 0 Å². The average Bonchev–Trinajstić information content (AvgIpc) is 2.45. The third kappa shape index (κ3) is 4.34. The number of benzene rings is 1. The lowest BCUT2D eigenvalue weighted by molar-refractivity contribution is -0.0498. The lowest BCUT2D eigenvalue weighted by Crippen LogP contribution is -2.44. The first-order valence-corrected chi connectivity index (χ1v) is 6.31. The highest BCUT2D eigenvalue weighted by molar-refractivity contribution is 5.78. The lowest BCUT2D eigenvalue weighted by Gasteiger charge is -2.27. The predicted octanol–water partition coefficient (Wildman–Crippen LogP) is 1.43. The zero-order valence-electron chi connectivity index (χ0n) is 11.0. The van der Waals surface area contributed by atoms with Crippen LogP contribution in [-0.2, 0) is 11.3 Å². The van der Waals surface area contributed by atoms with E-state index in [-0.39, 0.29) is 5.75 Å². The molecule has 0 atom stereocenters. The second kappa shape index (κ2) is 7.04. The van der Waals surface area contributed by atoms with Crippen LogP contribution in [0.5, 0.6) is 5.75 Å². The number of nitrogens with zero attached hydrogens (tertiary/aromatic N) is 2. The van der Waals surface area contributed by atoms with Gasteiger partial charge in [0.05, 0.1) is 19.8 Å². The van der Waals surface area contributed by atoms with E-state index in [4.69, 9.17) is 10.5 Å². The number of nitrogens with two attached hydrogens (primary N) is 1. The van der Waals surface area contributed by atoms with Crippen LogP contribution < -0.4 is 10.5 Å². The van der Waals surface area contributed by atoms with Crippen LogP contribution >= 0.6 is 0 Å². The van der Waals surface area contributed by atoms with Crippen LogP contribution in [-0.4, -0.2) is 43.8 Å². The number of hydrogen-bond acceptors (Lipinski definition) is 3. The van der Waals surface area contributed by atoms with Crippen LogP contribution in [0.3, 0.4) is 0 Å². The normalized spacial score (nSPS) is 16.6. The van der Waals surface area contributed by atoms with Gasteiger partial charge in [0, 0.05) is 13.1 Å². The van der Waals surface area contributed by atoms with Gasteiger partial charge in [-0.25, -0.2) is 4.99 Å². The lowest BCUT2D eigenvalue weighted by atomic mass is 10.2. The summed E-state index contributed by atoms with van der Waals surface area (Å²) in [7, 11) is 0. The van der Waals surface area contributed by atoms with E-state index in [1.165, 1.54) is 12.1 Å². The van der Waals surface area contributed by atoms with Crippen molar-refractivity contribution in [3.63, 3.8) is 0 Å². The van der Waals surface area contributed by atoms with Crippen molar-refractivity contribution in [2.75, 3.05) is 26.3 Å². The van der Waals surface area contributed by atoms with Crippen molar-refractivity contribution in [2.45, 2.75) is 13.2 Å². The second-order valence-electron chi connectivity index (χ2n) is 4.30. The minimum atomic E-state index is -2.83. The molecule has 2 rings (SSSR count). The molecule has 0 aliphatic carbocycles. The third-order valence-electron chi connectivity index (χ3n) is 2.88. The second-order valence-corrected chi connectivity index (χ2v) is 4.30. The Morgan fingerprint density at radius 3 is 2.85 bits per heavy atom. The molecule has 2 N–H and O–H groups in total. The highest BCUT2D eigenvalue weighted by Crippen LogP contribution is 2.16. The van der Waals surface area contributed by atoms with Gasteiger partial charge in [-0.1, -0.05) is 12.1 Å². The van der Waals surface area contributed by atoms with Gasteiger partial charge in [0.1, 0.15) is 5.75 Å². The van der Waals surface area contributed by atoms with E-state index in [1.54, 1.807) is 12.1 Å². The summed E-state index contributed by atoms with van der Waals surface area (Å²) in [5.41, 5.74) is 6.65. The molecule has 7 heteroatoms. The molecule has 110 valence electrons. The fraction of sp³-hybridized carbons (Fsp3) is 0.462. The molecule has 0 bridgehead atoms. The van der Waals surface area contributed by atoms with E-state index in [0.717, 1.165) is 5.56 Å². The van der Waals surface area contributed by atoms with Crippen molar-refractivity contribution in [2.24, 2.45) is 10.7 Å². The van der Waals surface area contributed by atoms with Crippen molar-refractivity contribution >= 4 is 5.96 Å². The summed E-state index contributed by atoms with van der Waals surface area (Å²) in [5, 5.41) is 0. The molecule has 0 saturated carbocycles. The standard InChI is InChI=1S/C13H17F2N3O2/c14-12(15)20-11-3-1-2-10(8-11)9-17-13(16)18-4-6-19-7-5-18/h1-3,8,12H,4-7,9H2,(H2,16,17). The van der Waals surface area contributed by atoms with Crippen molar-refractivity contribution in [1.82, 2.24) is 4.90 Å². The monoisotopic (exact) mass is 285 g/mol. The largest absolute Gasteiger partial charge is 0.435 e. The van der Waals surface area contributed by atoms with E-state index in [0.29, 0.717) is 38.8 Å². The highest BCUT2D eigenvalue weighted by atomic mass is 19.3. The zero-order valence-corrected chi connectivity index (χ0v) is 11.0. The Hall–Kier alpha value is -1.89. The van der Waals surface area contributed by atoms with Crippen molar-refractivity contribution in [1.29, 1.82) is 0 Å². The summed E-state index contributed by atoms with van der Waals surface area (Å²) in [6.45, 7) is 0.186. The highest BCUT2D eigenvalue weighted by Gasteiger charge is 2.12. The van der Waals surface area contributed by atoms with Crippen LogP contribution in [0.15, 0.2) is 29.3 Å². The summed E-state index contributed by atoms with van der Waals surface area (Å²) >= 11 is 0. The number of morpholine rings is 1. The van der Waals surface area contributed by atoms with E-state index < -0.39 is 6.61 Å². The number of guanidine groups is 1. The quantitative estimate of drug-likeness (QED) is 0.671. The molecule has 1 aliphatic rings. The molecule has 0 aromatic heterocycles. The Bertz CT molecular complexity index is 463. The van der Waals surface area contributed by atoms with Gasteiger partial charge in [0.2, 0.25) is 0 Å². The fourth-order valence-electron chi connectivity index (χ4n) is 1.88. The summed E-state index contributed by atoms with van der Waals surface area (Å²) in [6.07, 6.45) is 0. The minimum Gasteiger partial charge on any atom is -0.435 e. The van der Waals surface area contributed by atoms with Crippen LogP contribution in [0.4, 0.5) is 8.78 Å². The molecular formula is C13H17F2N3O2. The van der Waals surface area contributed by atoms with Gasteiger partial charge in [-0.05, 0) is 17.7 Å². The molecule has 1 fully saturated rings. The van der Waals surface area contributed by atoms with Gasteiger partial charge in [-0.2, -0.15) is 8.78 Å². The summed E-state index contributed by atoms with van der Waals surface area (Å²) in [6, 6.07) is 6.44. The SMILES string of the molecule is NC(=NCc1cccc(OC(F)F)c1)N1CCOCC1. The van der Waals surface area contributed by atoms with Crippen molar-refractivity contribution in [3.05, 3.63) is 29.8 Å². The van der Waals surface area contributed by atoms with E-state index >= 15 is 0 Å². The van der Waals surface area contributed by atoms with Gasteiger partial charge >= 0.3 is 6.61 Å². The number of alkyl halides is 2. The topological polar surface area (TPSA) is 60.1 Å². The van der Waals surface area contributed by atoms with E-state index in [1.807, 2.05) is 4.90 Å². The molecule has 20 heavy (non-hydrogen) atoms.